The molecule has 0 saturated carbocycles. The van der Waals surface area contributed by atoms with Crippen molar-refractivity contribution in [3.05, 3.63) is 12.2 Å². The minimum absolute atomic E-state index is 0.0658. The van der Waals surface area contributed by atoms with E-state index in [4.69, 9.17) is 14.2 Å². The summed E-state index contributed by atoms with van der Waals surface area (Å²) < 4.78 is 16.8. The molecule has 0 aliphatic rings. The van der Waals surface area contributed by atoms with E-state index >= 15 is 0 Å². The van der Waals surface area contributed by atoms with Gasteiger partial charge in [0.25, 0.3) is 0 Å². The molecular formula is C55H104O6. The third-order valence-corrected chi connectivity index (χ3v) is 12.3. The van der Waals surface area contributed by atoms with Crippen molar-refractivity contribution in [2.24, 2.45) is 0 Å². The molecule has 0 radical (unpaired) electrons. The van der Waals surface area contributed by atoms with Gasteiger partial charge in [-0.3, -0.25) is 14.4 Å². The van der Waals surface area contributed by atoms with Crippen molar-refractivity contribution < 1.29 is 28.6 Å². The van der Waals surface area contributed by atoms with Gasteiger partial charge in [0.1, 0.15) is 13.2 Å². The van der Waals surface area contributed by atoms with E-state index < -0.39 is 6.10 Å². The summed E-state index contributed by atoms with van der Waals surface area (Å²) in [6.45, 7) is 6.66. The van der Waals surface area contributed by atoms with Crippen molar-refractivity contribution in [3.63, 3.8) is 0 Å². The van der Waals surface area contributed by atoms with Crippen molar-refractivity contribution in [1.29, 1.82) is 0 Å². The highest BCUT2D eigenvalue weighted by Crippen LogP contribution is 2.17. The molecule has 0 fully saturated rings. The van der Waals surface area contributed by atoms with Gasteiger partial charge in [0.15, 0.2) is 6.10 Å². The quantitative estimate of drug-likeness (QED) is 0.0262. The van der Waals surface area contributed by atoms with Crippen LogP contribution in [0.2, 0.25) is 0 Å². The second-order valence-corrected chi connectivity index (χ2v) is 18.5. The second-order valence-electron chi connectivity index (χ2n) is 18.5. The first-order valence-corrected chi connectivity index (χ1v) is 27.2. The van der Waals surface area contributed by atoms with E-state index in [0.717, 1.165) is 57.8 Å². The Kier molecular flexibility index (Phi) is 49.3. The average Bonchev–Trinajstić information content (AvgIpc) is 3.26. The second kappa shape index (κ2) is 50.8. The first-order valence-electron chi connectivity index (χ1n) is 27.2. The van der Waals surface area contributed by atoms with E-state index in [9.17, 15) is 14.4 Å². The molecule has 0 spiro atoms. The van der Waals surface area contributed by atoms with Crippen LogP contribution in [0.1, 0.15) is 303 Å². The lowest BCUT2D eigenvalue weighted by Gasteiger charge is -2.18. The van der Waals surface area contributed by atoms with E-state index in [1.165, 1.54) is 205 Å². The van der Waals surface area contributed by atoms with Crippen molar-refractivity contribution in [2.45, 2.75) is 309 Å². The Bertz CT molecular complexity index is 947. The molecule has 6 nitrogen and oxygen atoms in total. The van der Waals surface area contributed by atoms with Gasteiger partial charge in [-0.1, -0.05) is 251 Å². The van der Waals surface area contributed by atoms with Crippen molar-refractivity contribution in [1.82, 2.24) is 0 Å². The highest BCUT2D eigenvalue weighted by molar-refractivity contribution is 5.71. The molecule has 0 aromatic rings. The molecular weight excluding hydrogens is 757 g/mol. The maximum atomic E-state index is 12.8. The minimum atomic E-state index is -0.764. The SMILES string of the molecule is CCCCCC/C=C\CCCCCCCCCC(=O)OC[C@H](COC(=O)CCCCCCCCCCCCC)OC(=O)CCCCCCCCCCCCCCCCCCC. The Hall–Kier alpha value is -1.85. The molecule has 0 rings (SSSR count). The molecule has 0 unspecified atom stereocenters. The lowest BCUT2D eigenvalue weighted by Crippen LogP contribution is -2.30. The number of unbranched alkanes of at least 4 members (excludes halogenated alkanes) is 37. The van der Waals surface area contributed by atoms with Crippen LogP contribution in [-0.4, -0.2) is 37.2 Å². The number of allylic oxidation sites excluding steroid dienone is 2. The molecule has 0 heterocycles. The van der Waals surface area contributed by atoms with Gasteiger partial charge in [0, 0.05) is 19.3 Å². The van der Waals surface area contributed by atoms with Gasteiger partial charge in [0.05, 0.1) is 0 Å². The zero-order valence-corrected chi connectivity index (χ0v) is 41.2. The Morgan fingerprint density at radius 3 is 0.836 bits per heavy atom. The zero-order valence-electron chi connectivity index (χ0n) is 41.2. The Morgan fingerprint density at radius 2 is 0.541 bits per heavy atom. The van der Waals surface area contributed by atoms with Gasteiger partial charge in [0.2, 0.25) is 0 Å². The van der Waals surface area contributed by atoms with Crippen LogP contribution >= 0.6 is 0 Å². The Labute approximate surface area is 380 Å². The van der Waals surface area contributed by atoms with Gasteiger partial charge >= 0.3 is 17.9 Å². The number of esters is 3. The first kappa shape index (κ1) is 59.1. The first-order chi connectivity index (χ1) is 30.0. The van der Waals surface area contributed by atoms with Gasteiger partial charge in [-0.15, -0.1) is 0 Å². The van der Waals surface area contributed by atoms with Crippen LogP contribution in [-0.2, 0) is 28.6 Å². The number of carbonyl (C=O) groups excluding carboxylic acids is 3. The van der Waals surface area contributed by atoms with Crippen LogP contribution in [0.4, 0.5) is 0 Å². The highest BCUT2D eigenvalue weighted by Gasteiger charge is 2.19. The summed E-state index contributed by atoms with van der Waals surface area (Å²) >= 11 is 0. The normalized spacial score (nSPS) is 12.0. The summed E-state index contributed by atoms with van der Waals surface area (Å²) in [4.78, 5) is 38.0. The minimum Gasteiger partial charge on any atom is -0.462 e. The monoisotopic (exact) mass is 861 g/mol. The maximum Gasteiger partial charge on any atom is 0.306 e. The van der Waals surface area contributed by atoms with Crippen LogP contribution in [0.5, 0.6) is 0 Å². The largest absolute Gasteiger partial charge is 0.462 e. The van der Waals surface area contributed by atoms with Gasteiger partial charge in [-0.2, -0.15) is 0 Å². The summed E-state index contributed by atoms with van der Waals surface area (Å²) in [5, 5.41) is 0. The lowest BCUT2D eigenvalue weighted by atomic mass is 10.0. The van der Waals surface area contributed by atoms with Crippen LogP contribution in [0.15, 0.2) is 12.2 Å². The number of hydrogen-bond donors (Lipinski definition) is 0. The van der Waals surface area contributed by atoms with E-state index in [1.54, 1.807) is 0 Å². The highest BCUT2D eigenvalue weighted by atomic mass is 16.6. The molecule has 6 heteroatoms. The van der Waals surface area contributed by atoms with E-state index in [-0.39, 0.29) is 31.1 Å². The number of rotatable bonds is 50. The third kappa shape index (κ3) is 49.0. The maximum absolute atomic E-state index is 12.8. The molecule has 61 heavy (non-hydrogen) atoms. The fourth-order valence-corrected chi connectivity index (χ4v) is 8.14. The Morgan fingerprint density at radius 1 is 0.311 bits per heavy atom. The molecule has 0 aromatic heterocycles. The molecule has 360 valence electrons. The fraction of sp³-hybridized carbons (Fsp3) is 0.909. The van der Waals surface area contributed by atoms with Crippen LogP contribution in [0.3, 0.4) is 0 Å². The summed E-state index contributed by atoms with van der Waals surface area (Å²) in [6, 6.07) is 0. The standard InChI is InChI=1S/C55H104O6/c1-4-7-10-13-16-19-22-24-26-27-29-31-34-37-40-43-46-49-55(58)61-52(50-59-53(56)47-44-41-38-35-32-21-18-15-12-9-6-3)51-60-54(57)48-45-42-39-36-33-30-28-25-23-20-17-14-11-8-5-2/h20,23,52H,4-19,21-22,24-51H2,1-3H3/b23-20-/t52-/m0/s1. The molecule has 0 saturated heterocycles. The number of carbonyl (C=O) groups is 3. The lowest BCUT2D eigenvalue weighted by molar-refractivity contribution is -0.167. The summed E-state index contributed by atoms with van der Waals surface area (Å²) in [5.74, 6) is -0.851. The van der Waals surface area contributed by atoms with Crippen LogP contribution in [0, 0.1) is 0 Å². The smallest absolute Gasteiger partial charge is 0.306 e. The van der Waals surface area contributed by atoms with E-state index in [2.05, 4.69) is 32.9 Å². The fourth-order valence-electron chi connectivity index (χ4n) is 8.14. The number of hydrogen-bond acceptors (Lipinski definition) is 6. The molecule has 0 N–H and O–H groups in total. The van der Waals surface area contributed by atoms with E-state index in [0.29, 0.717) is 19.3 Å². The molecule has 0 bridgehead atoms. The van der Waals surface area contributed by atoms with E-state index in [1.807, 2.05) is 0 Å². The van der Waals surface area contributed by atoms with Gasteiger partial charge in [-0.05, 0) is 44.9 Å². The average molecular weight is 861 g/mol. The van der Waals surface area contributed by atoms with Crippen LogP contribution < -0.4 is 0 Å². The van der Waals surface area contributed by atoms with Crippen molar-refractivity contribution >= 4 is 17.9 Å². The van der Waals surface area contributed by atoms with Gasteiger partial charge < -0.3 is 14.2 Å². The predicted molar refractivity (Wildman–Crippen MR) is 261 cm³/mol. The molecule has 0 aromatic carbocycles. The summed E-state index contributed by atoms with van der Waals surface area (Å²) in [6.07, 6.45) is 56.2. The summed E-state index contributed by atoms with van der Waals surface area (Å²) in [5.41, 5.74) is 0. The molecule has 1 atom stereocenters. The summed E-state index contributed by atoms with van der Waals surface area (Å²) in [7, 11) is 0. The molecule has 0 aliphatic heterocycles. The topological polar surface area (TPSA) is 78.9 Å². The van der Waals surface area contributed by atoms with Gasteiger partial charge in [-0.25, -0.2) is 0 Å². The third-order valence-electron chi connectivity index (χ3n) is 12.3. The molecule has 0 aliphatic carbocycles. The van der Waals surface area contributed by atoms with Crippen molar-refractivity contribution in [3.8, 4) is 0 Å². The van der Waals surface area contributed by atoms with Crippen molar-refractivity contribution in [2.75, 3.05) is 13.2 Å². The Balaban J connectivity index is 4.30. The van der Waals surface area contributed by atoms with Crippen LogP contribution in [0.25, 0.3) is 0 Å². The molecule has 0 amide bonds. The number of ether oxygens (including phenoxy) is 3. The predicted octanol–water partition coefficient (Wildman–Crippen LogP) is 17.8. The zero-order chi connectivity index (χ0) is 44.4.